The number of para-hydroxylation sites is 1. The van der Waals surface area contributed by atoms with Gasteiger partial charge < -0.3 is 15.2 Å². The zero-order valence-electron chi connectivity index (χ0n) is 8.64. The highest BCUT2D eigenvalue weighted by atomic mass is 16.6. The molecule has 1 amide bonds. The van der Waals surface area contributed by atoms with Gasteiger partial charge in [-0.05, 0) is 25.5 Å². The normalized spacial score (nSPS) is 11.9. The summed E-state index contributed by atoms with van der Waals surface area (Å²) >= 11 is 0. The van der Waals surface area contributed by atoms with E-state index in [1.807, 2.05) is 13.0 Å². The monoisotopic (exact) mass is 209 g/mol. The highest BCUT2D eigenvalue weighted by molar-refractivity contribution is 5.70. The highest BCUT2D eigenvalue weighted by Gasteiger charge is 2.07. The van der Waals surface area contributed by atoms with Gasteiger partial charge in [-0.25, -0.2) is 4.79 Å². The SMILES string of the molecule is CC(CCO)NC(=O)Oc1ccccc1. The number of amides is 1. The second kappa shape index (κ2) is 6.03. The van der Waals surface area contributed by atoms with Crippen LogP contribution in [0.3, 0.4) is 0 Å². The molecule has 1 unspecified atom stereocenters. The Bertz CT molecular complexity index is 300. The van der Waals surface area contributed by atoms with Crippen LogP contribution in [0.25, 0.3) is 0 Å². The van der Waals surface area contributed by atoms with E-state index >= 15 is 0 Å². The number of benzene rings is 1. The van der Waals surface area contributed by atoms with E-state index in [1.54, 1.807) is 24.3 Å². The first-order chi connectivity index (χ1) is 7.22. The fourth-order valence-corrected chi connectivity index (χ4v) is 1.09. The van der Waals surface area contributed by atoms with Gasteiger partial charge in [-0.15, -0.1) is 0 Å². The van der Waals surface area contributed by atoms with Gasteiger partial charge in [0.1, 0.15) is 5.75 Å². The number of aliphatic hydroxyl groups is 1. The maximum absolute atomic E-state index is 11.3. The molecular weight excluding hydrogens is 194 g/mol. The van der Waals surface area contributed by atoms with Gasteiger partial charge in [0.15, 0.2) is 0 Å². The quantitative estimate of drug-likeness (QED) is 0.790. The van der Waals surface area contributed by atoms with Crippen molar-refractivity contribution >= 4 is 6.09 Å². The summed E-state index contributed by atoms with van der Waals surface area (Å²) in [6.45, 7) is 1.86. The molecule has 15 heavy (non-hydrogen) atoms. The smallest absolute Gasteiger partial charge is 0.410 e. The van der Waals surface area contributed by atoms with Crippen LogP contribution >= 0.6 is 0 Å². The van der Waals surface area contributed by atoms with Crippen molar-refractivity contribution in [3.05, 3.63) is 30.3 Å². The molecule has 1 rings (SSSR count). The standard InChI is InChI=1S/C11H15NO3/c1-9(7-8-13)12-11(14)15-10-5-3-2-4-6-10/h2-6,9,13H,7-8H2,1H3,(H,12,14). The Morgan fingerprint density at radius 2 is 2.13 bits per heavy atom. The third kappa shape index (κ3) is 4.46. The molecule has 0 aliphatic rings. The highest BCUT2D eigenvalue weighted by Crippen LogP contribution is 2.08. The molecule has 2 N–H and O–H groups in total. The molecule has 0 bridgehead atoms. The van der Waals surface area contributed by atoms with Crippen LogP contribution in [0.2, 0.25) is 0 Å². The first-order valence-corrected chi connectivity index (χ1v) is 4.86. The van der Waals surface area contributed by atoms with Gasteiger partial charge in [-0.3, -0.25) is 0 Å². The molecule has 4 heteroatoms. The van der Waals surface area contributed by atoms with Gasteiger partial charge in [-0.1, -0.05) is 18.2 Å². The van der Waals surface area contributed by atoms with Crippen LogP contribution in [-0.2, 0) is 0 Å². The van der Waals surface area contributed by atoms with Crippen molar-refractivity contribution in [2.24, 2.45) is 0 Å². The molecule has 82 valence electrons. The second-order valence-electron chi connectivity index (χ2n) is 3.26. The second-order valence-corrected chi connectivity index (χ2v) is 3.26. The van der Waals surface area contributed by atoms with Crippen LogP contribution in [0.5, 0.6) is 5.75 Å². The summed E-state index contributed by atoms with van der Waals surface area (Å²) in [5.41, 5.74) is 0. The predicted molar refractivity (Wildman–Crippen MR) is 56.8 cm³/mol. The van der Waals surface area contributed by atoms with E-state index in [9.17, 15) is 4.79 Å². The fourth-order valence-electron chi connectivity index (χ4n) is 1.09. The van der Waals surface area contributed by atoms with Crippen molar-refractivity contribution in [3.8, 4) is 5.75 Å². The molecule has 0 saturated carbocycles. The Morgan fingerprint density at radius 3 is 2.73 bits per heavy atom. The molecule has 1 atom stereocenters. The van der Waals surface area contributed by atoms with E-state index in [0.29, 0.717) is 12.2 Å². The number of carbonyl (C=O) groups excluding carboxylic acids is 1. The lowest BCUT2D eigenvalue weighted by Crippen LogP contribution is -2.35. The van der Waals surface area contributed by atoms with Crippen molar-refractivity contribution in [2.45, 2.75) is 19.4 Å². The van der Waals surface area contributed by atoms with Gasteiger partial charge in [0, 0.05) is 12.6 Å². The number of nitrogens with one attached hydrogen (secondary N) is 1. The van der Waals surface area contributed by atoms with Crippen molar-refractivity contribution in [3.63, 3.8) is 0 Å². The minimum absolute atomic E-state index is 0.0484. The summed E-state index contributed by atoms with van der Waals surface area (Å²) < 4.78 is 5.00. The minimum atomic E-state index is -0.498. The lowest BCUT2D eigenvalue weighted by atomic mass is 10.2. The van der Waals surface area contributed by atoms with Crippen molar-refractivity contribution in [1.82, 2.24) is 5.32 Å². The molecule has 0 aromatic heterocycles. The number of ether oxygens (including phenoxy) is 1. The molecule has 0 aliphatic heterocycles. The van der Waals surface area contributed by atoms with Crippen molar-refractivity contribution < 1.29 is 14.6 Å². The molecule has 0 radical (unpaired) electrons. The van der Waals surface area contributed by atoms with Crippen LogP contribution in [0.1, 0.15) is 13.3 Å². The van der Waals surface area contributed by atoms with Gasteiger partial charge in [0.05, 0.1) is 0 Å². The number of aliphatic hydroxyl groups excluding tert-OH is 1. The van der Waals surface area contributed by atoms with E-state index in [1.165, 1.54) is 0 Å². The first-order valence-electron chi connectivity index (χ1n) is 4.86. The first kappa shape index (κ1) is 11.5. The molecule has 4 nitrogen and oxygen atoms in total. The molecule has 0 saturated heterocycles. The zero-order valence-corrected chi connectivity index (χ0v) is 8.64. The third-order valence-electron chi connectivity index (χ3n) is 1.88. The van der Waals surface area contributed by atoms with E-state index in [0.717, 1.165) is 0 Å². The maximum atomic E-state index is 11.3. The maximum Gasteiger partial charge on any atom is 0.412 e. The molecule has 1 aromatic carbocycles. The number of hydrogen-bond acceptors (Lipinski definition) is 3. The predicted octanol–water partition coefficient (Wildman–Crippen LogP) is 1.55. The number of hydrogen-bond donors (Lipinski definition) is 2. The van der Waals surface area contributed by atoms with E-state index in [-0.39, 0.29) is 12.6 Å². The summed E-state index contributed by atoms with van der Waals surface area (Å²) in [6.07, 6.45) is 0.0197. The topological polar surface area (TPSA) is 58.6 Å². The lowest BCUT2D eigenvalue weighted by Gasteiger charge is -2.12. The van der Waals surface area contributed by atoms with Crippen LogP contribution in [0.15, 0.2) is 30.3 Å². The summed E-state index contributed by atoms with van der Waals surface area (Å²) in [7, 11) is 0. The van der Waals surface area contributed by atoms with Crippen LogP contribution in [0, 0.1) is 0 Å². The van der Waals surface area contributed by atoms with Gasteiger partial charge in [-0.2, -0.15) is 0 Å². The molecule has 1 aromatic rings. The molecule has 0 heterocycles. The summed E-state index contributed by atoms with van der Waals surface area (Å²) in [5.74, 6) is 0.506. The lowest BCUT2D eigenvalue weighted by molar-refractivity contribution is 0.193. The third-order valence-corrected chi connectivity index (χ3v) is 1.88. The largest absolute Gasteiger partial charge is 0.412 e. The summed E-state index contributed by atoms with van der Waals surface area (Å²) in [4.78, 5) is 11.3. The van der Waals surface area contributed by atoms with Gasteiger partial charge in [0.25, 0.3) is 0 Å². The minimum Gasteiger partial charge on any atom is -0.410 e. The van der Waals surface area contributed by atoms with E-state index in [2.05, 4.69) is 5.32 Å². The molecule has 0 aliphatic carbocycles. The fraction of sp³-hybridized carbons (Fsp3) is 0.364. The number of rotatable bonds is 4. The molecule has 0 spiro atoms. The van der Waals surface area contributed by atoms with E-state index < -0.39 is 6.09 Å². The van der Waals surface area contributed by atoms with Crippen LogP contribution in [0.4, 0.5) is 4.79 Å². The summed E-state index contributed by atoms with van der Waals surface area (Å²) in [5, 5.41) is 11.3. The Balaban J connectivity index is 2.36. The summed E-state index contributed by atoms with van der Waals surface area (Å²) in [6, 6.07) is 8.75. The average molecular weight is 209 g/mol. The molecular formula is C11H15NO3. The van der Waals surface area contributed by atoms with Crippen LogP contribution in [-0.4, -0.2) is 23.8 Å². The Labute approximate surface area is 88.9 Å². The Kier molecular flexibility index (Phi) is 4.63. The van der Waals surface area contributed by atoms with Crippen molar-refractivity contribution in [1.29, 1.82) is 0 Å². The van der Waals surface area contributed by atoms with Crippen molar-refractivity contribution in [2.75, 3.05) is 6.61 Å². The van der Waals surface area contributed by atoms with E-state index in [4.69, 9.17) is 9.84 Å². The number of carbonyl (C=O) groups is 1. The molecule has 0 fully saturated rings. The zero-order chi connectivity index (χ0) is 11.1. The Hall–Kier alpha value is -1.55. The van der Waals surface area contributed by atoms with Gasteiger partial charge in [0.2, 0.25) is 0 Å². The van der Waals surface area contributed by atoms with Crippen LogP contribution < -0.4 is 10.1 Å². The van der Waals surface area contributed by atoms with Gasteiger partial charge >= 0.3 is 6.09 Å². The average Bonchev–Trinajstić information content (AvgIpc) is 2.19. The Morgan fingerprint density at radius 1 is 1.47 bits per heavy atom.